The van der Waals surface area contributed by atoms with Gasteiger partial charge in [-0.3, -0.25) is 4.79 Å². The second-order valence-corrected chi connectivity index (χ2v) is 8.73. The first-order valence-corrected chi connectivity index (χ1v) is 10.2. The van der Waals surface area contributed by atoms with Crippen molar-refractivity contribution in [2.45, 2.75) is 38.0 Å². The molecule has 1 amide bonds. The summed E-state index contributed by atoms with van der Waals surface area (Å²) < 4.78 is 14.3. The first kappa shape index (κ1) is 19.3. The van der Waals surface area contributed by atoms with Crippen LogP contribution in [0.4, 0.5) is 10.1 Å². The molecular formula is C24H20FN5O. The molecule has 6 nitrogen and oxygen atoms in total. The van der Waals surface area contributed by atoms with Gasteiger partial charge >= 0.3 is 0 Å². The molecule has 2 heterocycles. The zero-order valence-electron chi connectivity index (χ0n) is 17.2. The van der Waals surface area contributed by atoms with Crippen LogP contribution in [0.25, 0.3) is 11.3 Å². The van der Waals surface area contributed by atoms with Crippen molar-refractivity contribution in [2.75, 3.05) is 5.32 Å². The molecule has 1 fully saturated rings. The van der Waals surface area contributed by atoms with Gasteiger partial charge in [-0.25, -0.2) is 9.37 Å². The lowest BCUT2D eigenvalue weighted by Gasteiger charge is -2.36. The summed E-state index contributed by atoms with van der Waals surface area (Å²) in [6.45, 7) is 4.18. The Balaban J connectivity index is 1.56. The first-order chi connectivity index (χ1) is 14.9. The van der Waals surface area contributed by atoms with Gasteiger partial charge in [0.2, 0.25) is 5.91 Å². The highest BCUT2D eigenvalue weighted by Gasteiger charge is 2.67. The average molecular weight is 413 g/mol. The second-order valence-electron chi connectivity index (χ2n) is 8.73. The summed E-state index contributed by atoms with van der Waals surface area (Å²) in [6, 6.07) is 13.6. The average Bonchev–Trinajstić information content (AvgIpc) is 3.16. The van der Waals surface area contributed by atoms with Crippen LogP contribution in [0, 0.1) is 22.6 Å². The Morgan fingerprint density at radius 2 is 2.03 bits per heavy atom. The van der Waals surface area contributed by atoms with E-state index in [4.69, 9.17) is 5.26 Å². The van der Waals surface area contributed by atoms with Gasteiger partial charge in [-0.15, -0.1) is 0 Å². The van der Waals surface area contributed by atoms with Gasteiger partial charge < -0.3 is 5.32 Å². The van der Waals surface area contributed by atoms with E-state index in [9.17, 15) is 9.18 Å². The fourth-order valence-electron chi connectivity index (χ4n) is 5.40. The summed E-state index contributed by atoms with van der Waals surface area (Å²) in [5.41, 5.74) is 2.14. The minimum absolute atomic E-state index is 0.133. The molecule has 2 aromatic heterocycles. The number of aromatic nitrogens is 3. The van der Waals surface area contributed by atoms with Gasteiger partial charge in [-0.1, -0.05) is 26.0 Å². The molecule has 154 valence electrons. The van der Waals surface area contributed by atoms with E-state index in [2.05, 4.69) is 34.3 Å². The molecule has 1 aromatic carbocycles. The lowest BCUT2D eigenvalue weighted by molar-refractivity contribution is -0.124. The van der Waals surface area contributed by atoms with Crippen molar-refractivity contribution < 1.29 is 9.18 Å². The molecule has 31 heavy (non-hydrogen) atoms. The number of halogens is 1. The lowest BCUT2D eigenvalue weighted by Crippen LogP contribution is -2.46. The third-order valence-corrected chi connectivity index (χ3v) is 7.06. The maximum absolute atomic E-state index is 14.3. The number of benzene rings is 1. The van der Waals surface area contributed by atoms with Crippen molar-refractivity contribution in [3.8, 4) is 17.3 Å². The third kappa shape index (κ3) is 2.61. The predicted molar refractivity (Wildman–Crippen MR) is 112 cm³/mol. The smallest absolute Gasteiger partial charge is 0.237 e. The summed E-state index contributed by atoms with van der Waals surface area (Å²) >= 11 is 0. The van der Waals surface area contributed by atoms with Gasteiger partial charge in [0.15, 0.2) is 0 Å². The summed E-state index contributed by atoms with van der Waals surface area (Å²) in [4.78, 5) is 17.6. The lowest BCUT2D eigenvalue weighted by atomic mass is 9.67. The molecule has 2 aliphatic carbocycles. The van der Waals surface area contributed by atoms with Crippen LogP contribution in [-0.4, -0.2) is 21.1 Å². The first-order valence-electron chi connectivity index (χ1n) is 10.2. The minimum Gasteiger partial charge on any atom is -0.324 e. The van der Waals surface area contributed by atoms with Crippen LogP contribution >= 0.6 is 0 Å². The van der Waals surface area contributed by atoms with E-state index in [1.807, 2.05) is 12.1 Å². The molecule has 7 heteroatoms. The molecule has 1 saturated carbocycles. The van der Waals surface area contributed by atoms with E-state index in [0.717, 1.165) is 12.0 Å². The maximum atomic E-state index is 14.3. The Bertz CT molecular complexity index is 1250. The second kappa shape index (κ2) is 6.67. The number of amides is 1. The monoisotopic (exact) mass is 413 g/mol. The molecule has 5 rings (SSSR count). The zero-order valence-corrected chi connectivity index (χ0v) is 17.2. The molecule has 2 bridgehead atoms. The molecule has 2 aliphatic rings. The Labute approximate surface area is 179 Å². The van der Waals surface area contributed by atoms with Crippen molar-refractivity contribution in [3.63, 3.8) is 0 Å². The summed E-state index contributed by atoms with van der Waals surface area (Å²) in [7, 11) is 0. The van der Waals surface area contributed by atoms with E-state index in [-0.39, 0.29) is 28.8 Å². The molecule has 3 aromatic rings. The number of hydrogen-bond acceptors (Lipinski definition) is 5. The Hall–Kier alpha value is -3.66. The molecule has 2 atom stereocenters. The van der Waals surface area contributed by atoms with Crippen LogP contribution in [0.3, 0.4) is 0 Å². The van der Waals surface area contributed by atoms with Crippen LogP contribution in [0.5, 0.6) is 0 Å². The minimum atomic E-state index is -0.832. The summed E-state index contributed by atoms with van der Waals surface area (Å²) in [5, 5.41) is 20.7. The van der Waals surface area contributed by atoms with E-state index >= 15 is 0 Å². The maximum Gasteiger partial charge on any atom is 0.237 e. The fourth-order valence-corrected chi connectivity index (χ4v) is 5.40. The van der Waals surface area contributed by atoms with Crippen molar-refractivity contribution in [3.05, 3.63) is 71.4 Å². The number of rotatable bonds is 3. The van der Waals surface area contributed by atoms with E-state index in [1.165, 1.54) is 12.3 Å². The van der Waals surface area contributed by atoms with Crippen molar-refractivity contribution in [1.82, 2.24) is 15.2 Å². The Morgan fingerprint density at radius 1 is 1.23 bits per heavy atom. The van der Waals surface area contributed by atoms with Crippen LogP contribution in [0.15, 0.2) is 48.7 Å². The molecule has 1 N–H and O–H groups in total. The highest BCUT2D eigenvalue weighted by Crippen LogP contribution is 2.67. The summed E-state index contributed by atoms with van der Waals surface area (Å²) in [6.07, 6.45) is 3.00. The highest BCUT2D eigenvalue weighted by atomic mass is 19.1. The van der Waals surface area contributed by atoms with Crippen LogP contribution in [0.2, 0.25) is 0 Å². The molecule has 0 aliphatic heterocycles. The topological polar surface area (TPSA) is 91.6 Å². The van der Waals surface area contributed by atoms with Gasteiger partial charge in [-0.05, 0) is 60.1 Å². The standard InChI is InChI=1S/C24H20FN5O/c1-23(2)18-9-10-24(23,22(31)28-15-8-7-14(12-26)27-13-15)21-17(18)11-20(29-30-21)16-5-3-4-6-19(16)25/h3-8,11,13,18H,9-10H2,1-2H3,(H,28,31)/t18-,24+/m0/s1. The quantitative estimate of drug-likeness (QED) is 0.690. The van der Waals surface area contributed by atoms with Crippen molar-refractivity contribution in [2.24, 2.45) is 5.41 Å². The van der Waals surface area contributed by atoms with Gasteiger partial charge in [0.1, 0.15) is 17.6 Å². The SMILES string of the molecule is CC1(C)[C@H]2CC[C@]1(C(=O)Nc1ccc(C#N)nc1)c1nnc(-c3ccccc3F)cc12. The van der Waals surface area contributed by atoms with E-state index in [1.54, 1.807) is 30.3 Å². The van der Waals surface area contributed by atoms with Gasteiger partial charge in [0.25, 0.3) is 0 Å². The molecular weight excluding hydrogens is 393 g/mol. The van der Waals surface area contributed by atoms with Gasteiger partial charge in [0.05, 0.1) is 28.7 Å². The Morgan fingerprint density at radius 3 is 2.74 bits per heavy atom. The zero-order chi connectivity index (χ0) is 21.8. The Kier molecular flexibility index (Phi) is 4.16. The number of fused-ring (bicyclic) bond motifs is 5. The van der Waals surface area contributed by atoms with E-state index < -0.39 is 5.41 Å². The van der Waals surface area contributed by atoms with Crippen LogP contribution < -0.4 is 5.32 Å². The fraction of sp³-hybridized carbons (Fsp3) is 0.292. The normalized spacial score (nSPS) is 22.6. The third-order valence-electron chi connectivity index (χ3n) is 7.06. The molecule has 0 spiro atoms. The largest absolute Gasteiger partial charge is 0.324 e. The van der Waals surface area contributed by atoms with Gasteiger partial charge in [-0.2, -0.15) is 15.5 Å². The number of carbonyl (C=O) groups is 1. The van der Waals surface area contributed by atoms with Crippen molar-refractivity contribution in [1.29, 1.82) is 5.26 Å². The number of nitrogens with zero attached hydrogens (tertiary/aromatic N) is 4. The highest BCUT2D eigenvalue weighted by molar-refractivity contribution is 6.01. The molecule has 0 unspecified atom stereocenters. The van der Waals surface area contributed by atoms with Crippen LogP contribution in [-0.2, 0) is 10.2 Å². The number of hydrogen-bond donors (Lipinski definition) is 1. The van der Waals surface area contributed by atoms with E-state index in [0.29, 0.717) is 29.1 Å². The number of anilines is 1. The predicted octanol–water partition coefficient (Wildman–Crippen LogP) is 4.34. The molecule has 0 radical (unpaired) electrons. The number of carbonyl (C=O) groups excluding carboxylic acids is 1. The van der Waals surface area contributed by atoms with Crippen molar-refractivity contribution >= 4 is 11.6 Å². The molecule has 0 saturated heterocycles. The number of nitrogens with one attached hydrogen (secondary N) is 1. The number of nitriles is 1. The summed E-state index contributed by atoms with van der Waals surface area (Å²) in [5.74, 6) is -0.369. The number of pyridine rings is 1. The van der Waals surface area contributed by atoms with Crippen LogP contribution in [0.1, 0.15) is 49.6 Å². The van der Waals surface area contributed by atoms with Gasteiger partial charge in [0, 0.05) is 5.56 Å².